The molecule has 0 aromatic carbocycles. The molecule has 0 amide bonds. The molecular formula is C26H48O6Si2. The molecule has 4 rings (SSSR count). The van der Waals surface area contributed by atoms with Crippen LogP contribution in [0.5, 0.6) is 0 Å². The average molecular weight is 513 g/mol. The molecule has 0 radical (unpaired) electrons. The Morgan fingerprint density at radius 1 is 0.471 bits per heavy atom. The fraction of sp³-hybridized carbons (Fsp3) is 0.846. The zero-order valence-corrected chi connectivity index (χ0v) is 24.3. The van der Waals surface area contributed by atoms with Gasteiger partial charge >= 0.3 is 17.6 Å². The molecule has 0 N–H and O–H groups in total. The maximum absolute atomic E-state index is 6.01. The molecule has 4 bridgehead atoms. The molecule has 2 saturated carbocycles. The summed E-state index contributed by atoms with van der Waals surface area (Å²) in [5, 5.41) is 0. The number of hydrogen-bond donors (Lipinski definition) is 0. The molecule has 4 aliphatic carbocycles. The van der Waals surface area contributed by atoms with Crippen molar-refractivity contribution in [3.05, 3.63) is 24.3 Å². The van der Waals surface area contributed by atoms with Crippen LogP contribution >= 0.6 is 0 Å². The second-order valence-corrected chi connectivity index (χ2v) is 15.2. The Morgan fingerprint density at radius 3 is 0.941 bits per heavy atom. The molecule has 4 aliphatic rings. The van der Waals surface area contributed by atoms with Gasteiger partial charge in [-0.2, -0.15) is 0 Å². The smallest absolute Gasteiger partial charge is 0.374 e. The van der Waals surface area contributed by atoms with Crippen molar-refractivity contribution in [1.82, 2.24) is 0 Å². The van der Waals surface area contributed by atoms with Crippen molar-refractivity contribution in [2.24, 2.45) is 23.7 Å². The van der Waals surface area contributed by atoms with Crippen molar-refractivity contribution in [2.45, 2.75) is 78.3 Å². The van der Waals surface area contributed by atoms with E-state index in [1.54, 1.807) is 0 Å². The van der Waals surface area contributed by atoms with Crippen LogP contribution in [0.25, 0.3) is 0 Å². The minimum Gasteiger partial charge on any atom is -0.374 e. The lowest BCUT2D eigenvalue weighted by Gasteiger charge is -2.36. The average Bonchev–Trinajstić information content (AvgIpc) is 3.62. The van der Waals surface area contributed by atoms with Gasteiger partial charge in [0.15, 0.2) is 0 Å². The van der Waals surface area contributed by atoms with E-state index < -0.39 is 17.6 Å². The normalized spacial score (nSPS) is 31.4. The maximum atomic E-state index is 6.01. The molecule has 0 saturated heterocycles. The lowest BCUT2D eigenvalue weighted by atomic mass is 10.1. The van der Waals surface area contributed by atoms with Crippen LogP contribution in [0.4, 0.5) is 0 Å². The molecule has 6 nitrogen and oxygen atoms in total. The number of hydrogen-bond acceptors (Lipinski definition) is 6. The zero-order valence-electron chi connectivity index (χ0n) is 22.3. The van der Waals surface area contributed by atoms with Crippen LogP contribution in [-0.2, 0) is 26.6 Å². The largest absolute Gasteiger partial charge is 0.504 e. The third-order valence-corrected chi connectivity index (χ3v) is 14.8. The predicted molar refractivity (Wildman–Crippen MR) is 139 cm³/mol. The summed E-state index contributed by atoms with van der Waals surface area (Å²) in [6.45, 7) is 16.3. The molecule has 0 heterocycles. The van der Waals surface area contributed by atoms with E-state index in [1.807, 2.05) is 41.5 Å². The Hall–Kier alpha value is -0.326. The monoisotopic (exact) mass is 512 g/mol. The van der Waals surface area contributed by atoms with Gasteiger partial charge in [0.1, 0.15) is 0 Å². The highest BCUT2D eigenvalue weighted by atomic mass is 28.4. The topological polar surface area (TPSA) is 55.4 Å². The molecule has 0 spiro atoms. The van der Waals surface area contributed by atoms with Crippen LogP contribution in [0.15, 0.2) is 24.3 Å². The van der Waals surface area contributed by atoms with Crippen LogP contribution in [-0.4, -0.2) is 57.3 Å². The highest BCUT2D eigenvalue weighted by Gasteiger charge is 2.57. The Labute approximate surface area is 210 Å². The van der Waals surface area contributed by atoms with Gasteiger partial charge in [-0.15, -0.1) is 0 Å². The SMILES string of the molecule is CCO[Si](OCC)(OCC)C1CC2C=CC1C2.CCO[Si](OCC)(OCC)C1CC2C=CC1C2. The van der Waals surface area contributed by atoms with Gasteiger partial charge in [0.2, 0.25) is 0 Å². The number of fused-ring (bicyclic) bond motifs is 4. The van der Waals surface area contributed by atoms with Crippen molar-refractivity contribution in [2.75, 3.05) is 39.6 Å². The third-order valence-electron chi connectivity index (χ3n) is 7.54. The molecule has 8 heteroatoms. The van der Waals surface area contributed by atoms with E-state index in [0.29, 0.717) is 62.6 Å². The van der Waals surface area contributed by atoms with E-state index in [0.717, 1.165) is 11.8 Å². The summed E-state index contributed by atoms with van der Waals surface area (Å²) in [4.78, 5) is 0. The molecule has 0 aromatic heterocycles. The highest BCUT2D eigenvalue weighted by Crippen LogP contribution is 2.53. The van der Waals surface area contributed by atoms with Crippen molar-refractivity contribution in [1.29, 1.82) is 0 Å². The fourth-order valence-electron chi connectivity index (χ4n) is 6.47. The first-order valence-electron chi connectivity index (χ1n) is 13.7. The Morgan fingerprint density at radius 2 is 0.765 bits per heavy atom. The first kappa shape index (κ1) is 28.2. The molecule has 196 valence electrons. The minimum absolute atomic E-state index is 0.484. The molecule has 6 atom stereocenters. The van der Waals surface area contributed by atoms with E-state index in [4.69, 9.17) is 26.6 Å². The summed E-state index contributed by atoms with van der Waals surface area (Å²) in [5.74, 6) is 2.71. The number of allylic oxidation sites excluding steroid dienone is 4. The summed E-state index contributed by atoms with van der Waals surface area (Å²) in [7, 11) is -4.93. The Kier molecular flexibility index (Phi) is 11.0. The standard InChI is InChI=1S/2C13H24O3Si/c2*1-4-14-17(15-5-2,16-6-3)13-10-11-7-8-12(13)9-11/h2*7-8,11-13H,4-6,9-10H2,1-3H3. The van der Waals surface area contributed by atoms with Gasteiger partial charge in [-0.3, -0.25) is 0 Å². The summed E-state index contributed by atoms with van der Waals surface area (Å²) in [5.41, 5.74) is 0.967. The third kappa shape index (κ3) is 6.14. The second-order valence-electron chi connectivity index (χ2n) is 9.58. The van der Waals surface area contributed by atoms with E-state index in [1.165, 1.54) is 25.7 Å². The van der Waals surface area contributed by atoms with Crippen LogP contribution < -0.4 is 0 Å². The van der Waals surface area contributed by atoms with Gasteiger partial charge in [-0.05, 0) is 90.9 Å². The summed E-state index contributed by atoms with van der Waals surface area (Å²) in [6, 6.07) is 0. The van der Waals surface area contributed by atoms with Crippen LogP contribution in [0, 0.1) is 23.7 Å². The van der Waals surface area contributed by atoms with Gasteiger partial charge in [0.05, 0.1) is 0 Å². The van der Waals surface area contributed by atoms with E-state index >= 15 is 0 Å². The fourth-order valence-corrected chi connectivity index (χ4v) is 13.4. The van der Waals surface area contributed by atoms with Gasteiger partial charge in [0, 0.05) is 50.7 Å². The summed E-state index contributed by atoms with van der Waals surface area (Å²) < 4.78 is 36.0. The van der Waals surface area contributed by atoms with Gasteiger partial charge < -0.3 is 26.6 Å². The number of rotatable bonds is 14. The Balaban J connectivity index is 0.000000191. The Bertz CT molecular complexity index is 582. The van der Waals surface area contributed by atoms with Crippen LogP contribution in [0.2, 0.25) is 11.1 Å². The first-order chi connectivity index (χ1) is 16.5. The van der Waals surface area contributed by atoms with Gasteiger partial charge in [0.25, 0.3) is 0 Å². The van der Waals surface area contributed by atoms with E-state index in [-0.39, 0.29) is 0 Å². The summed E-state index contributed by atoms with van der Waals surface area (Å²) >= 11 is 0. The zero-order chi connectivity index (χ0) is 24.6. The minimum atomic E-state index is -2.47. The van der Waals surface area contributed by atoms with Crippen LogP contribution in [0.1, 0.15) is 67.2 Å². The second kappa shape index (κ2) is 13.3. The maximum Gasteiger partial charge on any atom is 0.504 e. The molecule has 6 unspecified atom stereocenters. The van der Waals surface area contributed by atoms with Crippen molar-refractivity contribution >= 4 is 17.6 Å². The predicted octanol–water partition coefficient (Wildman–Crippen LogP) is 6.00. The highest BCUT2D eigenvalue weighted by molar-refractivity contribution is 6.63. The van der Waals surface area contributed by atoms with Crippen molar-refractivity contribution < 1.29 is 26.6 Å². The molecule has 2 fully saturated rings. The lowest BCUT2D eigenvalue weighted by Crippen LogP contribution is -2.51. The quantitative estimate of drug-likeness (QED) is 0.210. The van der Waals surface area contributed by atoms with Crippen LogP contribution in [0.3, 0.4) is 0 Å². The first-order valence-corrected chi connectivity index (χ1v) is 17.3. The van der Waals surface area contributed by atoms with E-state index in [2.05, 4.69) is 24.3 Å². The van der Waals surface area contributed by atoms with Crippen molar-refractivity contribution in [3.8, 4) is 0 Å². The molecule has 0 aromatic rings. The van der Waals surface area contributed by atoms with Gasteiger partial charge in [-0.1, -0.05) is 24.3 Å². The molecular weight excluding hydrogens is 464 g/mol. The summed E-state index contributed by atoms with van der Waals surface area (Å²) in [6.07, 6.45) is 14.3. The molecule has 34 heavy (non-hydrogen) atoms. The van der Waals surface area contributed by atoms with Gasteiger partial charge in [-0.25, -0.2) is 0 Å². The molecule has 0 aliphatic heterocycles. The lowest BCUT2D eigenvalue weighted by molar-refractivity contribution is 0.0570. The van der Waals surface area contributed by atoms with E-state index in [9.17, 15) is 0 Å². The van der Waals surface area contributed by atoms with Crippen molar-refractivity contribution in [3.63, 3.8) is 0 Å².